The fourth-order valence-corrected chi connectivity index (χ4v) is 3.84. The molecule has 0 bridgehead atoms. The zero-order valence-electron chi connectivity index (χ0n) is 15.4. The molecule has 0 saturated carbocycles. The van der Waals surface area contributed by atoms with E-state index in [1.54, 1.807) is 18.2 Å². The minimum absolute atomic E-state index is 0. The average molecular weight is 487 g/mol. The second kappa shape index (κ2) is 9.34. The molecule has 2 saturated heterocycles. The smallest absolute Gasteiger partial charge is 0.274 e. The lowest BCUT2D eigenvalue weighted by Crippen LogP contribution is -2.51. The molecule has 2 aliphatic heterocycles. The topological polar surface area (TPSA) is 99.9 Å². The Morgan fingerprint density at radius 2 is 2.22 bits per heavy atom. The highest BCUT2D eigenvalue weighted by Gasteiger charge is 2.42. The SMILES string of the molecule is CCNC(=NCc1ccccc1[N+](=O)[O-])N1CCCC2(CNC(=O)C2)C1.I. The molecule has 0 aliphatic carbocycles. The standard InChI is InChI=1S/C18H25N5O3.HI/c1-2-19-17(20-11-14-6-3-4-7-15(14)23(25)26)22-9-5-8-18(13-22)10-16(24)21-12-18;/h3-4,6-7H,2,5,8-13H2,1H3,(H,19,20)(H,21,24);1H. The number of carbonyl (C=O) groups excluding carboxylic acids is 1. The quantitative estimate of drug-likeness (QED) is 0.223. The van der Waals surface area contributed by atoms with Gasteiger partial charge in [-0.25, -0.2) is 4.99 Å². The van der Waals surface area contributed by atoms with Gasteiger partial charge in [-0.2, -0.15) is 0 Å². The Labute approximate surface area is 176 Å². The van der Waals surface area contributed by atoms with E-state index < -0.39 is 0 Å². The second-order valence-electron chi connectivity index (χ2n) is 7.03. The molecular weight excluding hydrogens is 461 g/mol. The van der Waals surface area contributed by atoms with E-state index in [-0.39, 0.29) is 52.5 Å². The maximum Gasteiger partial charge on any atom is 0.274 e. The van der Waals surface area contributed by atoms with Gasteiger partial charge in [-0.05, 0) is 19.8 Å². The van der Waals surface area contributed by atoms with Gasteiger partial charge in [-0.15, -0.1) is 24.0 Å². The number of aliphatic imine (C=N–C) groups is 1. The van der Waals surface area contributed by atoms with Crippen molar-refractivity contribution in [3.63, 3.8) is 0 Å². The normalized spacial score (nSPS) is 22.3. The fourth-order valence-electron chi connectivity index (χ4n) is 3.84. The minimum atomic E-state index is -0.372. The Morgan fingerprint density at radius 3 is 2.89 bits per heavy atom. The Hall–Kier alpha value is -1.91. The van der Waals surface area contributed by atoms with E-state index >= 15 is 0 Å². The number of halogens is 1. The van der Waals surface area contributed by atoms with Crippen molar-refractivity contribution >= 4 is 41.5 Å². The van der Waals surface area contributed by atoms with E-state index in [0.717, 1.165) is 38.4 Å². The van der Waals surface area contributed by atoms with Gasteiger partial charge in [0.2, 0.25) is 5.91 Å². The summed E-state index contributed by atoms with van der Waals surface area (Å²) in [6, 6.07) is 6.69. The number of nitro benzene ring substituents is 1. The Morgan fingerprint density at radius 1 is 1.44 bits per heavy atom. The fraction of sp³-hybridized carbons (Fsp3) is 0.556. The Kier molecular flexibility index (Phi) is 7.40. The van der Waals surface area contributed by atoms with Crippen LogP contribution in [0.15, 0.2) is 29.3 Å². The first-order valence-electron chi connectivity index (χ1n) is 9.05. The lowest BCUT2D eigenvalue weighted by atomic mass is 9.79. The van der Waals surface area contributed by atoms with E-state index in [1.807, 2.05) is 6.92 Å². The van der Waals surface area contributed by atoms with Gasteiger partial charge in [0.25, 0.3) is 5.69 Å². The third-order valence-electron chi connectivity index (χ3n) is 5.08. The predicted molar refractivity (Wildman–Crippen MR) is 114 cm³/mol. The molecule has 1 amide bonds. The van der Waals surface area contributed by atoms with Gasteiger partial charge in [-0.1, -0.05) is 18.2 Å². The number of nitrogens with one attached hydrogen (secondary N) is 2. The summed E-state index contributed by atoms with van der Waals surface area (Å²) in [6.07, 6.45) is 2.60. The first kappa shape index (κ1) is 21.4. The van der Waals surface area contributed by atoms with Crippen molar-refractivity contribution in [2.75, 3.05) is 26.2 Å². The van der Waals surface area contributed by atoms with Crippen LogP contribution in [0, 0.1) is 15.5 Å². The molecule has 1 spiro atoms. The zero-order chi connectivity index (χ0) is 18.6. The van der Waals surface area contributed by atoms with Crippen molar-refractivity contribution in [3.8, 4) is 0 Å². The van der Waals surface area contributed by atoms with Crippen LogP contribution >= 0.6 is 24.0 Å². The van der Waals surface area contributed by atoms with Crippen molar-refractivity contribution in [1.82, 2.24) is 15.5 Å². The van der Waals surface area contributed by atoms with Crippen LogP contribution in [0.2, 0.25) is 0 Å². The number of likely N-dealkylation sites (tertiary alicyclic amines) is 1. The van der Waals surface area contributed by atoms with E-state index in [0.29, 0.717) is 18.5 Å². The van der Waals surface area contributed by atoms with Crippen molar-refractivity contribution in [2.24, 2.45) is 10.4 Å². The largest absolute Gasteiger partial charge is 0.357 e. The van der Waals surface area contributed by atoms with Crippen LogP contribution in [-0.4, -0.2) is 47.9 Å². The maximum absolute atomic E-state index is 11.7. The molecule has 1 unspecified atom stereocenters. The lowest BCUT2D eigenvalue weighted by molar-refractivity contribution is -0.385. The summed E-state index contributed by atoms with van der Waals surface area (Å²) in [7, 11) is 0. The zero-order valence-corrected chi connectivity index (χ0v) is 17.8. The van der Waals surface area contributed by atoms with Gasteiger partial charge in [-0.3, -0.25) is 14.9 Å². The number of piperidine rings is 1. The molecule has 148 valence electrons. The number of nitrogens with zero attached hydrogens (tertiary/aromatic N) is 3. The van der Waals surface area contributed by atoms with E-state index in [1.165, 1.54) is 6.07 Å². The third-order valence-corrected chi connectivity index (χ3v) is 5.08. The molecule has 1 aromatic rings. The maximum atomic E-state index is 11.7. The summed E-state index contributed by atoms with van der Waals surface area (Å²) in [5, 5.41) is 17.4. The minimum Gasteiger partial charge on any atom is -0.357 e. The summed E-state index contributed by atoms with van der Waals surface area (Å²) in [6.45, 7) is 5.33. The summed E-state index contributed by atoms with van der Waals surface area (Å²) in [5.74, 6) is 0.873. The van der Waals surface area contributed by atoms with Crippen LogP contribution in [0.3, 0.4) is 0 Å². The number of benzene rings is 1. The van der Waals surface area contributed by atoms with E-state index in [4.69, 9.17) is 0 Å². The molecule has 0 aromatic heterocycles. The number of carbonyl (C=O) groups is 1. The molecule has 2 heterocycles. The van der Waals surface area contributed by atoms with Gasteiger partial charge < -0.3 is 15.5 Å². The number of rotatable bonds is 4. The van der Waals surface area contributed by atoms with Gasteiger partial charge in [0.15, 0.2) is 5.96 Å². The molecule has 8 nitrogen and oxygen atoms in total. The Bertz CT molecular complexity index is 727. The molecule has 27 heavy (non-hydrogen) atoms. The monoisotopic (exact) mass is 487 g/mol. The number of hydrogen-bond acceptors (Lipinski definition) is 4. The van der Waals surface area contributed by atoms with Crippen LogP contribution in [0.25, 0.3) is 0 Å². The average Bonchev–Trinajstić information content (AvgIpc) is 2.98. The molecule has 2 aliphatic rings. The van der Waals surface area contributed by atoms with Crippen molar-refractivity contribution < 1.29 is 9.72 Å². The number of para-hydroxylation sites is 1. The Balaban J connectivity index is 0.00000261. The summed E-state index contributed by atoms with van der Waals surface area (Å²) >= 11 is 0. The van der Waals surface area contributed by atoms with E-state index in [9.17, 15) is 14.9 Å². The highest BCUT2D eigenvalue weighted by Crippen LogP contribution is 2.36. The number of guanidine groups is 1. The van der Waals surface area contributed by atoms with Crippen LogP contribution < -0.4 is 10.6 Å². The van der Waals surface area contributed by atoms with Gasteiger partial charge >= 0.3 is 0 Å². The molecular formula is C18H26IN5O3. The highest BCUT2D eigenvalue weighted by atomic mass is 127. The second-order valence-corrected chi connectivity index (χ2v) is 7.03. The van der Waals surface area contributed by atoms with Crippen molar-refractivity contribution in [3.05, 3.63) is 39.9 Å². The molecule has 1 atom stereocenters. The van der Waals surface area contributed by atoms with Crippen molar-refractivity contribution in [2.45, 2.75) is 32.7 Å². The van der Waals surface area contributed by atoms with Crippen LogP contribution in [-0.2, 0) is 11.3 Å². The first-order valence-corrected chi connectivity index (χ1v) is 9.05. The summed E-state index contributed by atoms with van der Waals surface area (Å²) in [4.78, 5) is 29.3. The third kappa shape index (κ3) is 5.08. The summed E-state index contributed by atoms with van der Waals surface area (Å²) in [5.41, 5.74) is 0.662. The molecule has 9 heteroatoms. The molecule has 1 aromatic carbocycles. The molecule has 3 rings (SSSR count). The lowest BCUT2D eigenvalue weighted by Gasteiger charge is -2.40. The molecule has 0 radical (unpaired) electrons. The van der Waals surface area contributed by atoms with Gasteiger partial charge in [0, 0.05) is 44.1 Å². The van der Waals surface area contributed by atoms with Crippen LogP contribution in [0.4, 0.5) is 5.69 Å². The highest BCUT2D eigenvalue weighted by molar-refractivity contribution is 14.0. The van der Waals surface area contributed by atoms with Crippen molar-refractivity contribution in [1.29, 1.82) is 0 Å². The number of hydrogen-bond donors (Lipinski definition) is 2. The molecule has 2 N–H and O–H groups in total. The predicted octanol–water partition coefficient (Wildman–Crippen LogP) is 2.28. The van der Waals surface area contributed by atoms with Gasteiger partial charge in [0.05, 0.1) is 17.0 Å². The first-order chi connectivity index (χ1) is 12.5. The van der Waals surface area contributed by atoms with Crippen LogP contribution in [0.5, 0.6) is 0 Å². The summed E-state index contributed by atoms with van der Waals surface area (Å²) < 4.78 is 0. The van der Waals surface area contributed by atoms with Gasteiger partial charge in [0.1, 0.15) is 0 Å². The number of nitro groups is 1. The van der Waals surface area contributed by atoms with Crippen LogP contribution in [0.1, 0.15) is 31.7 Å². The van der Waals surface area contributed by atoms with E-state index in [2.05, 4.69) is 20.5 Å². The molecule has 2 fully saturated rings. The number of amides is 1.